The molecule has 0 saturated carbocycles. The predicted octanol–water partition coefficient (Wildman–Crippen LogP) is 2.96. The Labute approximate surface area is 131 Å². The first-order valence-corrected chi connectivity index (χ1v) is 7.36. The third kappa shape index (κ3) is 2.90. The van der Waals surface area contributed by atoms with Crippen molar-refractivity contribution >= 4 is 17.0 Å². The number of hydrogen-bond acceptors (Lipinski definition) is 5. The second-order valence-electron chi connectivity index (χ2n) is 4.63. The summed E-state index contributed by atoms with van der Waals surface area (Å²) in [4.78, 5) is 5.21. The Hall–Kier alpha value is -2.91. The van der Waals surface area contributed by atoms with E-state index >= 15 is 0 Å². The van der Waals surface area contributed by atoms with E-state index in [0.717, 1.165) is 15.4 Å². The first kappa shape index (κ1) is 14.0. The van der Waals surface area contributed by atoms with Crippen molar-refractivity contribution in [1.29, 1.82) is 5.26 Å². The average Bonchev–Trinajstić information content (AvgIpc) is 2.88. The average molecular weight is 308 g/mol. The highest BCUT2D eigenvalue weighted by molar-refractivity contribution is 7.12. The molecule has 0 aliphatic carbocycles. The minimum Gasteiger partial charge on any atom is -0.508 e. The molecule has 0 aliphatic rings. The standard InChI is InChI=1S/C16H12N4OS/c1-20-16(18-13-3-2-4-14(21)9-13)22-15(19-20)12-7-5-11(10-17)6-8-12/h2-9,21H,1H3/b18-16+. The zero-order valence-electron chi connectivity index (χ0n) is 11.8. The summed E-state index contributed by atoms with van der Waals surface area (Å²) in [6.45, 7) is 0. The number of aromatic hydroxyl groups is 1. The van der Waals surface area contributed by atoms with Crippen molar-refractivity contribution in [1.82, 2.24) is 9.78 Å². The van der Waals surface area contributed by atoms with E-state index in [2.05, 4.69) is 16.2 Å². The molecule has 0 amide bonds. The summed E-state index contributed by atoms with van der Waals surface area (Å²) in [5.74, 6) is 0.181. The van der Waals surface area contributed by atoms with Crippen LogP contribution in [0.15, 0.2) is 53.5 Å². The minimum atomic E-state index is 0.181. The largest absolute Gasteiger partial charge is 0.508 e. The van der Waals surface area contributed by atoms with Crippen molar-refractivity contribution in [2.45, 2.75) is 0 Å². The second-order valence-corrected chi connectivity index (χ2v) is 5.59. The van der Waals surface area contributed by atoms with Crippen molar-refractivity contribution in [2.75, 3.05) is 0 Å². The maximum atomic E-state index is 9.49. The van der Waals surface area contributed by atoms with Crippen LogP contribution in [0.2, 0.25) is 0 Å². The summed E-state index contributed by atoms with van der Waals surface area (Å²) in [5, 5.41) is 23.6. The first-order valence-electron chi connectivity index (χ1n) is 6.54. The smallest absolute Gasteiger partial charge is 0.208 e. The normalized spacial score (nSPS) is 11.4. The molecule has 108 valence electrons. The summed E-state index contributed by atoms with van der Waals surface area (Å²) in [6, 6.07) is 16.1. The Bertz CT molecular complexity index is 916. The number of aryl methyl sites for hydroxylation is 1. The fourth-order valence-electron chi connectivity index (χ4n) is 1.92. The summed E-state index contributed by atoms with van der Waals surface area (Å²) in [5.41, 5.74) is 2.23. The molecule has 6 heteroatoms. The number of nitrogens with zero attached hydrogens (tertiary/aromatic N) is 4. The van der Waals surface area contributed by atoms with E-state index < -0.39 is 0 Å². The van der Waals surface area contributed by atoms with Gasteiger partial charge in [-0.25, -0.2) is 9.67 Å². The molecule has 0 bridgehead atoms. The molecule has 0 aliphatic heterocycles. The van der Waals surface area contributed by atoms with E-state index in [0.29, 0.717) is 11.3 Å². The lowest BCUT2D eigenvalue weighted by Gasteiger charge is -1.94. The Morgan fingerprint density at radius 1 is 1.23 bits per heavy atom. The SMILES string of the molecule is Cn1nc(-c2ccc(C#N)cc2)s/c1=N/c1cccc(O)c1. The van der Waals surface area contributed by atoms with Gasteiger partial charge in [-0.3, -0.25) is 0 Å². The van der Waals surface area contributed by atoms with Crippen LogP contribution in [0.1, 0.15) is 5.56 Å². The lowest BCUT2D eigenvalue weighted by molar-refractivity contribution is 0.475. The van der Waals surface area contributed by atoms with E-state index in [1.54, 1.807) is 35.0 Å². The predicted molar refractivity (Wildman–Crippen MR) is 84.6 cm³/mol. The third-order valence-electron chi connectivity index (χ3n) is 3.02. The molecule has 5 nitrogen and oxygen atoms in total. The van der Waals surface area contributed by atoms with E-state index in [-0.39, 0.29) is 5.75 Å². The van der Waals surface area contributed by atoms with E-state index in [1.165, 1.54) is 11.3 Å². The fraction of sp³-hybridized carbons (Fsp3) is 0.0625. The summed E-state index contributed by atoms with van der Waals surface area (Å²) in [7, 11) is 1.82. The summed E-state index contributed by atoms with van der Waals surface area (Å²) in [6.07, 6.45) is 0. The van der Waals surface area contributed by atoms with Gasteiger partial charge in [-0.15, -0.1) is 0 Å². The molecule has 3 rings (SSSR count). The van der Waals surface area contributed by atoms with Gasteiger partial charge in [0.15, 0.2) is 0 Å². The molecule has 22 heavy (non-hydrogen) atoms. The van der Waals surface area contributed by atoms with Crippen LogP contribution in [0.3, 0.4) is 0 Å². The van der Waals surface area contributed by atoms with E-state index in [1.807, 2.05) is 25.2 Å². The summed E-state index contributed by atoms with van der Waals surface area (Å²) >= 11 is 1.45. The van der Waals surface area contributed by atoms with Crippen LogP contribution in [-0.4, -0.2) is 14.9 Å². The molecule has 1 aromatic heterocycles. The summed E-state index contributed by atoms with van der Waals surface area (Å²) < 4.78 is 1.70. The molecule has 2 aromatic carbocycles. The molecular weight excluding hydrogens is 296 g/mol. The van der Waals surface area contributed by atoms with Crippen LogP contribution in [-0.2, 0) is 7.05 Å². The lowest BCUT2D eigenvalue weighted by atomic mass is 10.2. The highest BCUT2D eigenvalue weighted by atomic mass is 32.1. The third-order valence-corrected chi connectivity index (χ3v) is 4.07. The van der Waals surface area contributed by atoms with Crippen molar-refractivity contribution < 1.29 is 5.11 Å². The molecule has 0 radical (unpaired) electrons. The van der Waals surface area contributed by atoms with E-state index in [4.69, 9.17) is 5.26 Å². The van der Waals surface area contributed by atoms with Gasteiger partial charge in [0.2, 0.25) is 4.80 Å². The van der Waals surface area contributed by atoms with Crippen molar-refractivity contribution in [3.05, 3.63) is 58.9 Å². The Morgan fingerprint density at radius 2 is 2.00 bits per heavy atom. The topological polar surface area (TPSA) is 74.2 Å². The zero-order valence-corrected chi connectivity index (χ0v) is 12.6. The quantitative estimate of drug-likeness (QED) is 0.791. The maximum absolute atomic E-state index is 9.49. The lowest BCUT2D eigenvalue weighted by Crippen LogP contribution is -2.10. The fourth-order valence-corrected chi connectivity index (χ4v) is 2.84. The molecule has 3 aromatic rings. The van der Waals surface area contributed by atoms with Gasteiger partial charge in [0.25, 0.3) is 0 Å². The number of phenolic OH excluding ortho intramolecular Hbond substituents is 1. The molecular formula is C16H12N4OS. The second kappa shape index (κ2) is 5.84. The zero-order chi connectivity index (χ0) is 15.5. The molecule has 0 fully saturated rings. The number of rotatable bonds is 2. The highest BCUT2D eigenvalue weighted by Crippen LogP contribution is 2.21. The first-order chi connectivity index (χ1) is 10.7. The molecule has 1 N–H and O–H groups in total. The van der Waals surface area contributed by atoms with Gasteiger partial charge in [-0.2, -0.15) is 10.4 Å². The number of phenols is 1. The number of aromatic nitrogens is 2. The molecule has 0 spiro atoms. The Balaban J connectivity index is 2.02. The molecule has 0 saturated heterocycles. The number of benzene rings is 2. The van der Waals surface area contributed by atoms with Crippen LogP contribution in [0.4, 0.5) is 5.69 Å². The molecule has 0 unspecified atom stereocenters. The van der Waals surface area contributed by atoms with Crippen molar-refractivity contribution in [2.24, 2.45) is 12.0 Å². The Kier molecular flexibility index (Phi) is 3.73. The van der Waals surface area contributed by atoms with Gasteiger partial charge < -0.3 is 5.11 Å². The van der Waals surface area contributed by atoms with Crippen LogP contribution >= 0.6 is 11.3 Å². The van der Waals surface area contributed by atoms with E-state index in [9.17, 15) is 5.11 Å². The van der Waals surface area contributed by atoms with Gasteiger partial charge >= 0.3 is 0 Å². The highest BCUT2D eigenvalue weighted by Gasteiger charge is 2.05. The minimum absolute atomic E-state index is 0.181. The van der Waals surface area contributed by atoms with Crippen LogP contribution in [0, 0.1) is 11.3 Å². The van der Waals surface area contributed by atoms with Crippen molar-refractivity contribution in [3.63, 3.8) is 0 Å². The van der Waals surface area contributed by atoms with Gasteiger partial charge in [0.1, 0.15) is 10.8 Å². The van der Waals surface area contributed by atoms with Crippen LogP contribution in [0.5, 0.6) is 5.75 Å². The maximum Gasteiger partial charge on any atom is 0.208 e. The van der Waals surface area contributed by atoms with Crippen LogP contribution < -0.4 is 4.80 Å². The molecule has 1 heterocycles. The van der Waals surface area contributed by atoms with Gasteiger partial charge in [-0.1, -0.05) is 29.5 Å². The number of nitriles is 1. The van der Waals surface area contributed by atoms with Crippen molar-refractivity contribution in [3.8, 4) is 22.4 Å². The monoisotopic (exact) mass is 308 g/mol. The Morgan fingerprint density at radius 3 is 2.68 bits per heavy atom. The van der Waals surface area contributed by atoms with Crippen LogP contribution in [0.25, 0.3) is 10.6 Å². The van der Waals surface area contributed by atoms with Gasteiger partial charge in [-0.05, 0) is 24.3 Å². The molecule has 0 atom stereocenters. The number of hydrogen-bond donors (Lipinski definition) is 1. The van der Waals surface area contributed by atoms with Gasteiger partial charge in [0.05, 0.1) is 17.3 Å². The van der Waals surface area contributed by atoms with Gasteiger partial charge in [0, 0.05) is 18.7 Å².